The van der Waals surface area contributed by atoms with Crippen molar-refractivity contribution in [1.29, 1.82) is 0 Å². The average molecular weight is 465 g/mol. The summed E-state index contributed by atoms with van der Waals surface area (Å²) in [6, 6.07) is 0.709. The zero-order valence-corrected chi connectivity index (χ0v) is 16.8. The van der Waals surface area contributed by atoms with Gasteiger partial charge in [0.15, 0.2) is 6.61 Å². The number of nitrogens with one attached hydrogen (secondary N) is 1. The van der Waals surface area contributed by atoms with Crippen molar-refractivity contribution >= 4 is 17.6 Å². The fourth-order valence-electron chi connectivity index (χ4n) is 5.96. The molecule has 32 heavy (non-hydrogen) atoms. The lowest BCUT2D eigenvalue weighted by Crippen LogP contribution is -2.58. The Labute approximate surface area is 179 Å². The first-order valence-corrected chi connectivity index (χ1v) is 10.2. The second kappa shape index (κ2) is 7.36. The Morgan fingerprint density at radius 3 is 1.97 bits per heavy atom. The quantitative estimate of drug-likeness (QED) is 0.506. The average Bonchev–Trinajstić information content (AvgIpc) is 2.62. The van der Waals surface area contributed by atoms with Crippen molar-refractivity contribution in [2.75, 3.05) is 11.9 Å². The monoisotopic (exact) mass is 465 g/mol. The summed E-state index contributed by atoms with van der Waals surface area (Å²) in [5.41, 5.74) is -5.68. The second-order valence-electron chi connectivity index (χ2n) is 9.38. The molecule has 0 spiro atoms. The van der Waals surface area contributed by atoms with E-state index < -0.39 is 58.7 Å². The summed E-state index contributed by atoms with van der Waals surface area (Å²) >= 11 is 0. The largest absolute Gasteiger partial charge is 0.455 e. The van der Waals surface area contributed by atoms with Gasteiger partial charge in [0.25, 0.3) is 5.91 Å². The maximum atomic E-state index is 12.9. The summed E-state index contributed by atoms with van der Waals surface area (Å²) in [7, 11) is 0. The summed E-state index contributed by atoms with van der Waals surface area (Å²) in [6.07, 6.45) is -6.63. The topological polar surface area (TPSA) is 75.6 Å². The number of aliphatic hydroxyl groups is 1. The van der Waals surface area contributed by atoms with Crippen LogP contribution in [0.15, 0.2) is 18.2 Å². The van der Waals surface area contributed by atoms with E-state index in [2.05, 4.69) is 0 Å². The first-order valence-electron chi connectivity index (χ1n) is 10.2. The van der Waals surface area contributed by atoms with E-state index in [1.54, 1.807) is 0 Å². The summed E-state index contributed by atoms with van der Waals surface area (Å²) in [5, 5.41) is 12.6. The Bertz CT molecular complexity index is 895. The summed E-state index contributed by atoms with van der Waals surface area (Å²) in [4.78, 5) is 24.9. The first kappa shape index (κ1) is 22.9. The third kappa shape index (κ3) is 4.44. The standard InChI is InChI=1S/C21H21F6NO4/c22-20(23,24)13-2-14(21(25,26)27)4-15(3-13)28-16(29)9-32-17(30)18-5-11-1-12(6-18)8-19(31,7-11)10-18/h2-4,11-12,31H,1,5-10H2,(H,28,29). The van der Waals surface area contributed by atoms with Crippen LogP contribution in [-0.2, 0) is 26.7 Å². The zero-order chi connectivity index (χ0) is 23.5. The number of alkyl halides is 6. The van der Waals surface area contributed by atoms with Gasteiger partial charge in [0.05, 0.1) is 22.1 Å². The van der Waals surface area contributed by atoms with Crippen molar-refractivity contribution < 1.29 is 45.8 Å². The van der Waals surface area contributed by atoms with Gasteiger partial charge in [0.2, 0.25) is 0 Å². The van der Waals surface area contributed by atoms with Crippen molar-refractivity contribution in [3.05, 3.63) is 29.3 Å². The number of carbonyl (C=O) groups is 2. The van der Waals surface area contributed by atoms with Crippen LogP contribution in [0.4, 0.5) is 32.0 Å². The van der Waals surface area contributed by atoms with E-state index >= 15 is 0 Å². The minimum Gasteiger partial charge on any atom is -0.455 e. The van der Waals surface area contributed by atoms with Gasteiger partial charge in [0, 0.05) is 5.69 Å². The molecular weight excluding hydrogens is 444 g/mol. The number of benzene rings is 1. The number of hydrogen-bond acceptors (Lipinski definition) is 4. The summed E-state index contributed by atoms with van der Waals surface area (Å²) in [5.74, 6) is -1.35. The third-order valence-electron chi connectivity index (χ3n) is 6.67. The molecule has 11 heteroatoms. The Morgan fingerprint density at radius 1 is 0.969 bits per heavy atom. The van der Waals surface area contributed by atoms with Crippen LogP contribution in [0, 0.1) is 17.3 Å². The van der Waals surface area contributed by atoms with Gasteiger partial charge in [-0.25, -0.2) is 0 Å². The Balaban J connectivity index is 1.43. The van der Waals surface area contributed by atoms with E-state index in [-0.39, 0.29) is 24.3 Å². The van der Waals surface area contributed by atoms with Crippen molar-refractivity contribution in [2.45, 2.75) is 56.5 Å². The van der Waals surface area contributed by atoms with Gasteiger partial charge in [-0.2, -0.15) is 26.3 Å². The predicted molar refractivity (Wildman–Crippen MR) is 98.1 cm³/mol. The van der Waals surface area contributed by atoms with Crippen molar-refractivity contribution in [2.24, 2.45) is 17.3 Å². The van der Waals surface area contributed by atoms with E-state index in [0.717, 1.165) is 6.42 Å². The lowest BCUT2D eigenvalue weighted by atomic mass is 9.48. The number of hydrogen-bond donors (Lipinski definition) is 2. The highest BCUT2D eigenvalue weighted by molar-refractivity contribution is 5.93. The Hall–Kier alpha value is -2.30. The molecule has 1 aromatic carbocycles. The number of rotatable bonds is 4. The highest BCUT2D eigenvalue weighted by Crippen LogP contribution is 2.62. The maximum absolute atomic E-state index is 12.9. The highest BCUT2D eigenvalue weighted by Gasteiger charge is 2.61. The van der Waals surface area contributed by atoms with Crippen LogP contribution in [0.3, 0.4) is 0 Å². The second-order valence-corrected chi connectivity index (χ2v) is 9.38. The molecule has 4 fully saturated rings. The molecule has 1 aromatic rings. The van der Waals surface area contributed by atoms with Crippen molar-refractivity contribution in [1.82, 2.24) is 0 Å². The number of ether oxygens (including phenoxy) is 1. The molecule has 2 N–H and O–H groups in total. The van der Waals surface area contributed by atoms with Crippen molar-refractivity contribution in [3.8, 4) is 0 Å². The van der Waals surface area contributed by atoms with E-state index in [4.69, 9.17) is 4.74 Å². The maximum Gasteiger partial charge on any atom is 0.416 e. The van der Waals surface area contributed by atoms with E-state index in [9.17, 15) is 41.0 Å². The third-order valence-corrected chi connectivity index (χ3v) is 6.67. The molecule has 4 bridgehead atoms. The van der Waals surface area contributed by atoms with Gasteiger partial charge in [-0.3, -0.25) is 9.59 Å². The first-order chi connectivity index (χ1) is 14.7. The van der Waals surface area contributed by atoms with Crippen LogP contribution in [-0.4, -0.2) is 29.2 Å². The highest BCUT2D eigenvalue weighted by atomic mass is 19.4. The molecular formula is C21H21F6NO4. The number of esters is 1. The van der Waals surface area contributed by atoms with Crippen LogP contribution in [0.5, 0.6) is 0 Å². The van der Waals surface area contributed by atoms with Gasteiger partial charge in [-0.1, -0.05) is 0 Å². The fourth-order valence-corrected chi connectivity index (χ4v) is 5.96. The summed E-state index contributed by atoms with van der Waals surface area (Å²) in [6.45, 7) is -0.855. The number of anilines is 1. The molecule has 0 saturated heterocycles. The van der Waals surface area contributed by atoms with Crippen molar-refractivity contribution in [3.63, 3.8) is 0 Å². The number of amides is 1. The molecule has 2 unspecified atom stereocenters. The van der Waals surface area contributed by atoms with Crippen LogP contribution in [0.25, 0.3) is 0 Å². The van der Waals surface area contributed by atoms with Crippen LogP contribution in [0.2, 0.25) is 0 Å². The normalized spacial score (nSPS) is 31.5. The minimum atomic E-state index is -5.05. The molecule has 0 aromatic heterocycles. The van der Waals surface area contributed by atoms with E-state index in [1.165, 1.54) is 0 Å². The Morgan fingerprint density at radius 2 is 1.50 bits per heavy atom. The van der Waals surface area contributed by atoms with E-state index in [0.29, 0.717) is 37.8 Å². The lowest BCUT2D eigenvalue weighted by Gasteiger charge is -2.58. The summed E-state index contributed by atoms with van der Waals surface area (Å²) < 4.78 is 82.8. The minimum absolute atomic E-state index is 0.0482. The smallest absolute Gasteiger partial charge is 0.416 e. The van der Waals surface area contributed by atoms with E-state index in [1.807, 2.05) is 5.32 Å². The van der Waals surface area contributed by atoms with Gasteiger partial charge in [0.1, 0.15) is 0 Å². The number of carbonyl (C=O) groups excluding carboxylic acids is 2. The molecule has 4 aliphatic rings. The molecule has 2 atom stereocenters. The van der Waals surface area contributed by atoms with Crippen LogP contribution in [0.1, 0.15) is 49.7 Å². The van der Waals surface area contributed by atoms with Crippen LogP contribution >= 0.6 is 0 Å². The molecule has 1 amide bonds. The molecule has 0 aliphatic heterocycles. The molecule has 5 nitrogen and oxygen atoms in total. The van der Waals surface area contributed by atoms with Crippen LogP contribution < -0.4 is 5.32 Å². The molecule has 176 valence electrons. The fraction of sp³-hybridized carbons (Fsp3) is 0.619. The lowest BCUT2D eigenvalue weighted by molar-refractivity contribution is -0.196. The molecule has 5 rings (SSSR count). The molecule has 4 aliphatic carbocycles. The Kier molecular flexibility index (Phi) is 5.26. The van der Waals surface area contributed by atoms with Gasteiger partial charge < -0.3 is 15.2 Å². The van der Waals surface area contributed by atoms with Gasteiger partial charge in [-0.05, 0) is 68.6 Å². The zero-order valence-electron chi connectivity index (χ0n) is 16.8. The molecule has 4 saturated carbocycles. The number of halogens is 6. The van der Waals surface area contributed by atoms with Gasteiger partial charge in [-0.15, -0.1) is 0 Å². The van der Waals surface area contributed by atoms with Gasteiger partial charge >= 0.3 is 18.3 Å². The predicted octanol–water partition coefficient (Wildman–Crippen LogP) is 4.54. The SMILES string of the molecule is O=C(COC(=O)C12CC3CC(CC(O)(C3)C1)C2)Nc1cc(C(F)(F)F)cc(C(F)(F)F)c1. The molecule has 0 radical (unpaired) electrons. The molecule has 0 heterocycles.